The number of nitrogens with two attached hydrogens (primary N) is 1. The number of aromatic nitrogens is 1. The zero-order valence-electron chi connectivity index (χ0n) is 9.60. The quantitative estimate of drug-likeness (QED) is 0.855. The SMILES string of the molecule is COc1ccc(CC(C)N)c2ccncc12. The molecular weight excluding hydrogens is 200 g/mol. The number of ether oxygens (including phenoxy) is 1. The van der Waals surface area contributed by atoms with Gasteiger partial charge in [-0.1, -0.05) is 6.07 Å². The molecule has 16 heavy (non-hydrogen) atoms. The van der Waals surface area contributed by atoms with Gasteiger partial charge in [-0.2, -0.15) is 0 Å². The van der Waals surface area contributed by atoms with Crippen LogP contribution in [0.3, 0.4) is 0 Å². The van der Waals surface area contributed by atoms with Gasteiger partial charge in [-0.3, -0.25) is 4.98 Å². The fraction of sp³-hybridized carbons (Fsp3) is 0.308. The van der Waals surface area contributed by atoms with Crippen LogP contribution in [0.2, 0.25) is 0 Å². The summed E-state index contributed by atoms with van der Waals surface area (Å²) in [5.74, 6) is 0.858. The van der Waals surface area contributed by atoms with Crippen LogP contribution in [0.25, 0.3) is 10.8 Å². The number of hydrogen-bond donors (Lipinski definition) is 1. The molecule has 0 aliphatic carbocycles. The summed E-state index contributed by atoms with van der Waals surface area (Å²) in [6, 6.07) is 6.21. The summed E-state index contributed by atoms with van der Waals surface area (Å²) in [6.45, 7) is 2.01. The summed E-state index contributed by atoms with van der Waals surface area (Å²) >= 11 is 0. The standard InChI is InChI=1S/C13H16N2O/c1-9(14)7-10-3-4-13(16-2)12-8-15-6-5-11(10)12/h3-6,8-9H,7,14H2,1-2H3. The Morgan fingerprint density at radius 1 is 1.31 bits per heavy atom. The molecule has 1 atom stereocenters. The number of nitrogens with zero attached hydrogens (tertiary/aromatic N) is 1. The van der Waals surface area contributed by atoms with Gasteiger partial charge < -0.3 is 10.5 Å². The predicted molar refractivity (Wildman–Crippen MR) is 65.6 cm³/mol. The maximum absolute atomic E-state index is 5.84. The summed E-state index contributed by atoms with van der Waals surface area (Å²) in [4.78, 5) is 4.13. The highest BCUT2D eigenvalue weighted by atomic mass is 16.5. The number of methoxy groups -OCH3 is 1. The average molecular weight is 216 g/mol. The fourth-order valence-corrected chi connectivity index (χ4v) is 1.93. The van der Waals surface area contributed by atoms with E-state index in [1.165, 1.54) is 10.9 Å². The van der Waals surface area contributed by atoms with E-state index in [-0.39, 0.29) is 6.04 Å². The molecule has 2 rings (SSSR count). The molecule has 0 aliphatic rings. The molecule has 1 aromatic carbocycles. The molecule has 3 nitrogen and oxygen atoms in total. The fourth-order valence-electron chi connectivity index (χ4n) is 1.93. The lowest BCUT2D eigenvalue weighted by Crippen LogP contribution is -2.17. The molecule has 1 heterocycles. The highest BCUT2D eigenvalue weighted by Crippen LogP contribution is 2.27. The van der Waals surface area contributed by atoms with Gasteiger partial charge in [0.05, 0.1) is 7.11 Å². The van der Waals surface area contributed by atoms with Crippen molar-refractivity contribution in [1.82, 2.24) is 4.98 Å². The average Bonchev–Trinajstić information content (AvgIpc) is 2.29. The predicted octanol–water partition coefficient (Wildman–Crippen LogP) is 2.13. The van der Waals surface area contributed by atoms with Crippen molar-refractivity contribution < 1.29 is 4.74 Å². The second-order valence-electron chi connectivity index (χ2n) is 4.03. The highest BCUT2D eigenvalue weighted by Gasteiger charge is 2.07. The number of hydrogen-bond acceptors (Lipinski definition) is 3. The van der Waals surface area contributed by atoms with Crippen molar-refractivity contribution in [2.45, 2.75) is 19.4 Å². The maximum Gasteiger partial charge on any atom is 0.128 e. The van der Waals surface area contributed by atoms with Gasteiger partial charge in [0.2, 0.25) is 0 Å². The maximum atomic E-state index is 5.84. The number of rotatable bonds is 3. The third-order valence-corrected chi connectivity index (χ3v) is 2.63. The zero-order chi connectivity index (χ0) is 11.5. The van der Waals surface area contributed by atoms with Crippen molar-refractivity contribution in [3.63, 3.8) is 0 Å². The van der Waals surface area contributed by atoms with Crippen LogP contribution in [0, 0.1) is 0 Å². The third kappa shape index (κ3) is 1.99. The molecule has 84 valence electrons. The van der Waals surface area contributed by atoms with Gasteiger partial charge in [0.1, 0.15) is 5.75 Å². The van der Waals surface area contributed by atoms with E-state index in [9.17, 15) is 0 Å². The Kier molecular flexibility index (Phi) is 3.06. The van der Waals surface area contributed by atoms with Crippen LogP contribution in [0.4, 0.5) is 0 Å². The lowest BCUT2D eigenvalue weighted by atomic mass is 10.0. The summed E-state index contributed by atoms with van der Waals surface area (Å²) in [7, 11) is 1.67. The van der Waals surface area contributed by atoms with Crippen LogP contribution in [0.1, 0.15) is 12.5 Å². The van der Waals surface area contributed by atoms with Crippen molar-refractivity contribution in [1.29, 1.82) is 0 Å². The molecule has 0 bridgehead atoms. The van der Waals surface area contributed by atoms with E-state index in [0.29, 0.717) is 0 Å². The van der Waals surface area contributed by atoms with Gasteiger partial charge >= 0.3 is 0 Å². The first-order valence-corrected chi connectivity index (χ1v) is 5.37. The summed E-state index contributed by atoms with van der Waals surface area (Å²) in [6.07, 6.45) is 4.50. The van der Waals surface area contributed by atoms with E-state index in [2.05, 4.69) is 11.1 Å². The summed E-state index contributed by atoms with van der Waals surface area (Å²) in [5.41, 5.74) is 7.08. The van der Waals surface area contributed by atoms with E-state index >= 15 is 0 Å². The summed E-state index contributed by atoms with van der Waals surface area (Å²) in [5, 5.41) is 2.22. The van der Waals surface area contributed by atoms with E-state index in [1.54, 1.807) is 13.3 Å². The Labute approximate surface area is 95.2 Å². The molecule has 0 saturated heterocycles. The summed E-state index contributed by atoms with van der Waals surface area (Å²) < 4.78 is 5.32. The van der Waals surface area contributed by atoms with Crippen LogP contribution in [-0.4, -0.2) is 18.1 Å². The zero-order valence-corrected chi connectivity index (χ0v) is 9.60. The minimum absolute atomic E-state index is 0.157. The van der Waals surface area contributed by atoms with Gasteiger partial charge in [-0.25, -0.2) is 0 Å². The molecular formula is C13H16N2O. The lowest BCUT2D eigenvalue weighted by Gasteiger charge is -2.11. The second kappa shape index (κ2) is 4.49. The van der Waals surface area contributed by atoms with E-state index in [0.717, 1.165) is 17.6 Å². The minimum atomic E-state index is 0.157. The number of benzene rings is 1. The first kappa shape index (κ1) is 10.9. The Hall–Kier alpha value is -1.61. The smallest absolute Gasteiger partial charge is 0.128 e. The number of pyridine rings is 1. The first-order chi connectivity index (χ1) is 7.72. The van der Waals surface area contributed by atoms with Crippen molar-refractivity contribution in [3.05, 3.63) is 36.2 Å². The Morgan fingerprint density at radius 2 is 2.12 bits per heavy atom. The molecule has 0 radical (unpaired) electrons. The highest BCUT2D eigenvalue weighted by molar-refractivity contribution is 5.90. The molecule has 0 amide bonds. The lowest BCUT2D eigenvalue weighted by molar-refractivity contribution is 0.419. The largest absolute Gasteiger partial charge is 0.496 e. The number of fused-ring (bicyclic) bond motifs is 1. The van der Waals surface area contributed by atoms with Crippen molar-refractivity contribution in [3.8, 4) is 5.75 Å². The van der Waals surface area contributed by atoms with Gasteiger partial charge in [-0.15, -0.1) is 0 Å². The third-order valence-electron chi connectivity index (χ3n) is 2.63. The van der Waals surface area contributed by atoms with Gasteiger partial charge in [-0.05, 0) is 36.4 Å². The Balaban J connectivity index is 2.60. The van der Waals surface area contributed by atoms with Crippen molar-refractivity contribution >= 4 is 10.8 Å². The topological polar surface area (TPSA) is 48.1 Å². The molecule has 1 unspecified atom stereocenters. The van der Waals surface area contributed by atoms with Crippen LogP contribution in [-0.2, 0) is 6.42 Å². The molecule has 2 aromatic rings. The Bertz CT molecular complexity index is 494. The second-order valence-corrected chi connectivity index (χ2v) is 4.03. The molecule has 0 aliphatic heterocycles. The Morgan fingerprint density at radius 3 is 2.81 bits per heavy atom. The monoisotopic (exact) mass is 216 g/mol. The molecule has 0 spiro atoms. The van der Waals surface area contributed by atoms with Gasteiger partial charge in [0.25, 0.3) is 0 Å². The van der Waals surface area contributed by atoms with Crippen LogP contribution < -0.4 is 10.5 Å². The van der Waals surface area contributed by atoms with E-state index in [1.807, 2.05) is 25.3 Å². The van der Waals surface area contributed by atoms with E-state index < -0.39 is 0 Å². The van der Waals surface area contributed by atoms with Gasteiger partial charge in [0.15, 0.2) is 0 Å². The normalized spacial score (nSPS) is 12.7. The molecule has 2 N–H and O–H groups in total. The first-order valence-electron chi connectivity index (χ1n) is 5.37. The molecule has 0 fully saturated rings. The van der Waals surface area contributed by atoms with Crippen LogP contribution in [0.5, 0.6) is 5.75 Å². The van der Waals surface area contributed by atoms with Crippen molar-refractivity contribution in [2.75, 3.05) is 7.11 Å². The van der Waals surface area contributed by atoms with Gasteiger partial charge in [0, 0.05) is 23.8 Å². The molecule has 3 heteroatoms. The van der Waals surface area contributed by atoms with Crippen LogP contribution >= 0.6 is 0 Å². The minimum Gasteiger partial charge on any atom is -0.496 e. The van der Waals surface area contributed by atoms with Crippen LogP contribution in [0.15, 0.2) is 30.6 Å². The molecule has 1 aromatic heterocycles. The van der Waals surface area contributed by atoms with Crippen molar-refractivity contribution in [2.24, 2.45) is 5.73 Å². The molecule has 0 saturated carbocycles. The van der Waals surface area contributed by atoms with E-state index in [4.69, 9.17) is 10.5 Å².